The van der Waals surface area contributed by atoms with E-state index in [2.05, 4.69) is 10.3 Å². The van der Waals surface area contributed by atoms with Crippen molar-refractivity contribution >= 4 is 11.4 Å². The van der Waals surface area contributed by atoms with Gasteiger partial charge in [-0.3, -0.25) is 0 Å². The highest BCUT2D eigenvalue weighted by atomic mass is 19.4. The number of nitrogen functional groups attached to an aromatic ring is 1. The Morgan fingerprint density at radius 1 is 1.50 bits per heavy atom. The van der Waals surface area contributed by atoms with Crippen molar-refractivity contribution in [3.05, 3.63) is 18.0 Å². The minimum absolute atomic E-state index is 0.131. The number of nitrogens with one attached hydrogen (secondary N) is 1. The van der Waals surface area contributed by atoms with Crippen LogP contribution in [0.2, 0.25) is 0 Å². The number of anilines is 2. The van der Waals surface area contributed by atoms with Crippen molar-refractivity contribution in [2.45, 2.75) is 25.1 Å². The van der Waals surface area contributed by atoms with Crippen molar-refractivity contribution in [1.82, 2.24) is 4.98 Å². The molecule has 1 atom stereocenters. The summed E-state index contributed by atoms with van der Waals surface area (Å²) >= 11 is 0. The standard InChI is InChI=1S/C11H14F3N3O/c12-11(13,14)10-3-8(7(15)4-17-10)16-5-9(18)6-1-2-6/h3-4,6,9,18H,1-2,5,15H2,(H,16,17). The Hall–Kier alpha value is -1.50. The summed E-state index contributed by atoms with van der Waals surface area (Å²) in [5.74, 6) is 0.252. The number of halogens is 3. The Morgan fingerprint density at radius 3 is 2.72 bits per heavy atom. The summed E-state index contributed by atoms with van der Waals surface area (Å²) in [5.41, 5.74) is 4.82. The fourth-order valence-corrected chi connectivity index (χ4v) is 1.64. The molecule has 18 heavy (non-hydrogen) atoms. The molecular formula is C11H14F3N3O. The topological polar surface area (TPSA) is 71.2 Å². The first kappa shape index (κ1) is 12.9. The maximum absolute atomic E-state index is 12.5. The van der Waals surface area contributed by atoms with Crippen LogP contribution in [0, 0.1) is 5.92 Å². The van der Waals surface area contributed by atoms with Gasteiger partial charge >= 0.3 is 6.18 Å². The average molecular weight is 261 g/mol. The van der Waals surface area contributed by atoms with E-state index < -0.39 is 18.0 Å². The third-order valence-electron chi connectivity index (χ3n) is 2.89. The van der Waals surface area contributed by atoms with E-state index in [1.54, 1.807) is 0 Å². The van der Waals surface area contributed by atoms with Crippen LogP contribution in [0.1, 0.15) is 18.5 Å². The SMILES string of the molecule is Nc1cnc(C(F)(F)F)cc1NCC(O)C1CC1. The van der Waals surface area contributed by atoms with Crippen molar-refractivity contribution in [2.75, 3.05) is 17.6 Å². The molecular weight excluding hydrogens is 247 g/mol. The number of aliphatic hydroxyl groups is 1. The highest BCUT2D eigenvalue weighted by Crippen LogP contribution is 2.34. The van der Waals surface area contributed by atoms with Crippen LogP contribution in [0.25, 0.3) is 0 Å². The van der Waals surface area contributed by atoms with Gasteiger partial charge in [0.2, 0.25) is 0 Å². The number of nitrogens with zero attached hydrogens (tertiary/aromatic N) is 1. The van der Waals surface area contributed by atoms with Crippen LogP contribution < -0.4 is 11.1 Å². The molecule has 7 heteroatoms. The van der Waals surface area contributed by atoms with Gasteiger partial charge in [0.25, 0.3) is 0 Å². The Bertz CT molecular complexity index is 432. The number of aromatic nitrogens is 1. The predicted molar refractivity (Wildman–Crippen MR) is 60.9 cm³/mol. The first-order chi connectivity index (χ1) is 8.38. The quantitative estimate of drug-likeness (QED) is 0.773. The molecule has 1 aromatic rings. The van der Waals surface area contributed by atoms with Crippen LogP contribution in [-0.2, 0) is 6.18 Å². The summed E-state index contributed by atoms with van der Waals surface area (Å²) in [6.07, 6.45) is -2.16. The van der Waals surface area contributed by atoms with Crippen LogP contribution in [0.4, 0.5) is 24.5 Å². The Morgan fingerprint density at radius 2 is 2.17 bits per heavy atom. The fraction of sp³-hybridized carbons (Fsp3) is 0.545. The van der Waals surface area contributed by atoms with Crippen LogP contribution >= 0.6 is 0 Å². The second-order valence-electron chi connectivity index (χ2n) is 4.44. The van der Waals surface area contributed by atoms with E-state index in [0.29, 0.717) is 0 Å². The lowest BCUT2D eigenvalue weighted by atomic mass is 10.2. The second kappa shape index (κ2) is 4.64. The lowest BCUT2D eigenvalue weighted by molar-refractivity contribution is -0.141. The van der Waals surface area contributed by atoms with Crippen LogP contribution in [0.5, 0.6) is 0 Å². The molecule has 0 radical (unpaired) electrons. The summed E-state index contributed by atoms with van der Waals surface area (Å²) in [6, 6.07) is 0.856. The Labute approximate surface area is 102 Å². The molecule has 1 saturated carbocycles. The molecule has 1 fully saturated rings. The average Bonchev–Trinajstić information content (AvgIpc) is 3.09. The highest BCUT2D eigenvalue weighted by Gasteiger charge is 2.33. The monoisotopic (exact) mass is 261 g/mol. The Kier molecular flexibility index (Phi) is 3.34. The highest BCUT2D eigenvalue weighted by molar-refractivity contribution is 5.65. The van der Waals surface area contributed by atoms with E-state index >= 15 is 0 Å². The fourth-order valence-electron chi connectivity index (χ4n) is 1.64. The third kappa shape index (κ3) is 3.04. The van der Waals surface area contributed by atoms with E-state index in [0.717, 1.165) is 25.1 Å². The number of pyridine rings is 1. The third-order valence-corrected chi connectivity index (χ3v) is 2.89. The summed E-state index contributed by atoms with van der Waals surface area (Å²) < 4.78 is 37.4. The summed E-state index contributed by atoms with van der Waals surface area (Å²) in [5, 5.41) is 12.4. The van der Waals surface area contributed by atoms with Crippen LogP contribution in [0.15, 0.2) is 12.3 Å². The molecule has 1 aliphatic carbocycles. The van der Waals surface area contributed by atoms with Gasteiger partial charge in [0, 0.05) is 6.54 Å². The largest absolute Gasteiger partial charge is 0.433 e. The minimum Gasteiger partial charge on any atom is -0.396 e. The summed E-state index contributed by atoms with van der Waals surface area (Å²) in [4.78, 5) is 3.23. The lowest BCUT2D eigenvalue weighted by Gasteiger charge is -2.15. The summed E-state index contributed by atoms with van der Waals surface area (Å²) in [6.45, 7) is 0.191. The van der Waals surface area contributed by atoms with E-state index in [-0.39, 0.29) is 23.8 Å². The van der Waals surface area contributed by atoms with Crippen molar-refractivity contribution < 1.29 is 18.3 Å². The smallest absolute Gasteiger partial charge is 0.396 e. The molecule has 0 saturated heterocycles. The molecule has 1 unspecified atom stereocenters. The zero-order valence-electron chi connectivity index (χ0n) is 9.54. The predicted octanol–water partition coefficient (Wildman–Crippen LogP) is 1.87. The van der Waals surface area contributed by atoms with Crippen molar-refractivity contribution in [1.29, 1.82) is 0 Å². The maximum atomic E-state index is 12.5. The molecule has 4 nitrogen and oxygen atoms in total. The molecule has 4 N–H and O–H groups in total. The molecule has 0 bridgehead atoms. The summed E-state index contributed by atoms with van der Waals surface area (Å²) in [7, 11) is 0. The van der Waals surface area contributed by atoms with E-state index in [4.69, 9.17) is 5.73 Å². The van der Waals surface area contributed by atoms with Gasteiger partial charge in [-0.15, -0.1) is 0 Å². The lowest BCUT2D eigenvalue weighted by Crippen LogP contribution is -2.22. The molecule has 0 spiro atoms. The maximum Gasteiger partial charge on any atom is 0.433 e. The van der Waals surface area contributed by atoms with Gasteiger partial charge in [0.1, 0.15) is 5.69 Å². The van der Waals surface area contributed by atoms with Gasteiger partial charge in [0.15, 0.2) is 0 Å². The van der Waals surface area contributed by atoms with Gasteiger partial charge < -0.3 is 16.2 Å². The zero-order valence-corrected chi connectivity index (χ0v) is 9.54. The van der Waals surface area contributed by atoms with Crippen molar-refractivity contribution in [3.63, 3.8) is 0 Å². The van der Waals surface area contributed by atoms with Crippen molar-refractivity contribution in [3.8, 4) is 0 Å². The van der Waals surface area contributed by atoms with E-state index in [1.807, 2.05) is 0 Å². The molecule has 1 heterocycles. The normalized spacial score (nSPS) is 17.6. The molecule has 1 aliphatic rings. The number of hydrogen-bond donors (Lipinski definition) is 3. The van der Waals surface area contributed by atoms with Gasteiger partial charge in [0.05, 0.1) is 23.7 Å². The minimum atomic E-state index is -4.50. The zero-order chi connectivity index (χ0) is 13.3. The van der Waals surface area contributed by atoms with Gasteiger partial charge in [-0.25, -0.2) is 4.98 Å². The van der Waals surface area contributed by atoms with Crippen LogP contribution in [-0.4, -0.2) is 22.7 Å². The first-order valence-electron chi connectivity index (χ1n) is 5.62. The number of alkyl halides is 3. The molecule has 100 valence electrons. The second-order valence-corrected chi connectivity index (χ2v) is 4.44. The number of nitrogens with two attached hydrogens (primary N) is 1. The van der Waals surface area contributed by atoms with E-state index in [9.17, 15) is 18.3 Å². The van der Waals surface area contributed by atoms with Gasteiger partial charge in [-0.05, 0) is 24.8 Å². The van der Waals surface area contributed by atoms with Gasteiger partial charge in [-0.2, -0.15) is 13.2 Å². The molecule has 0 amide bonds. The number of rotatable bonds is 4. The molecule has 0 aromatic carbocycles. The first-order valence-corrected chi connectivity index (χ1v) is 5.62. The Balaban J connectivity index is 2.06. The molecule has 0 aliphatic heterocycles. The molecule has 2 rings (SSSR count). The van der Waals surface area contributed by atoms with Gasteiger partial charge in [-0.1, -0.05) is 0 Å². The van der Waals surface area contributed by atoms with Crippen LogP contribution in [0.3, 0.4) is 0 Å². The number of hydrogen-bond acceptors (Lipinski definition) is 4. The number of aliphatic hydroxyl groups excluding tert-OH is 1. The molecule has 1 aromatic heterocycles. The van der Waals surface area contributed by atoms with E-state index in [1.165, 1.54) is 0 Å². The van der Waals surface area contributed by atoms with Crippen molar-refractivity contribution in [2.24, 2.45) is 5.92 Å².